The average molecular weight is 345 g/mol. The third-order valence-corrected chi connectivity index (χ3v) is 4.78. The molecule has 1 saturated carbocycles. The lowest BCUT2D eigenvalue weighted by Crippen LogP contribution is -2.44. The van der Waals surface area contributed by atoms with Crippen LogP contribution in [0, 0.1) is 11.7 Å². The van der Waals surface area contributed by atoms with Crippen LogP contribution in [0.3, 0.4) is 0 Å². The van der Waals surface area contributed by atoms with E-state index in [0.29, 0.717) is 11.0 Å². The Kier molecular flexibility index (Phi) is 5.96. The molecule has 1 aliphatic rings. The zero-order valence-corrected chi connectivity index (χ0v) is 13.1. The Morgan fingerprint density at radius 1 is 1.40 bits per heavy atom. The predicted molar refractivity (Wildman–Crippen MR) is 81.9 cm³/mol. The minimum atomic E-state index is -0.273. The number of hydrogen-bond donors (Lipinski definition) is 3. The van der Waals surface area contributed by atoms with E-state index in [1.54, 1.807) is 6.07 Å². The van der Waals surface area contributed by atoms with Gasteiger partial charge >= 0.3 is 0 Å². The fourth-order valence-corrected chi connectivity index (χ4v) is 3.18. The number of aliphatic hydroxyl groups excluding tert-OH is 1. The average Bonchev–Trinajstić information content (AvgIpc) is 2.48. The summed E-state index contributed by atoms with van der Waals surface area (Å²) >= 11 is 3.16. The highest BCUT2D eigenvalue weighted by atomic mass is 79.9. The van der Waals surface area contributed by atoms with Crippen molar-refractivity contribution < 1.29 is 9.50 Å². The van der Waals surface area contributed by atoms with Crippen molar-refractivity contribution in [2.45, 2.75) is 37.8 Å². The van der Waals surface area contributed by atoms with E-state index in [-0.39, 0.29) is 30.4 Å². The molecule has 112 valence electrons. The van der Waals surface area contributed by atoms with Crippen LogP contribution in [0.25, 0.3) is 0 Å². The fraction of sp³-hybridized carbons (Fsp3) is 0.600. The molecule has 1 fully saturated rings. The van der Waals surface area contributed by atoms with Crippen LogP contribution in [0.15, 0.2) is 22.7 Å². The summed E-state index contributed by atoms with van der Waals surface area (Å²) in [5.74, 6) is 0.00296. The number of nitrogens with two attached hydrogens (primary N) is 1. The minimum absolute atomic E-state index is 0.0743. The van der Waals surface area contributed by atoms with Gasteiger partial charge in [0.05, 0.1) is 4.47 Å². The highest BCUT2D eigenvalue weighted by molar-refractivity contribution is 9.10. The van der Waals surface area contributed by atoms with Gasteiger partial charge in [-0.05, 0) is 52.4 Å². The Morgan fingerprint density at radius 3 is 2.80 bits per heavy atom. The predicted octanol–water partition coefficient (Wildman–Crippen LogP) is 2.73. The number of hydrogen-bond acceptors (Lipinski definition) is 3. The first-order valence-electron chi connectivity index (χ1n) is 7.17. The summed E-state index contributed by atoms with van der Waals surface area (Å²) in [7, 11) is 0. The monoisotopic (exact) mass is 344 g/mol. The van der Waals surface area contributed by atoms with E-state index in [2.05, 4.69) is 21.2 Å². The van der Waals surface area contributed by atoms with Gasteiger partial charge in [0.2, 0.25) is 0 Å². The van der Waals surface area contributed by atoms with Crippen molar-refractivity contribution >= 4 is 15.9 Å². The van der Waals surface area contributed by atoms with Crippen LogP contribution in [0.4, 0.5) is 4.39 Å². The van der Waals surface area contributed by atoms with Crippen molar-refractivity contribution in [3.63, 3.8) is 0 Å². The third-order valence-electron chi connectivity index (χ3n) is 4.14. The largest absolute Gasteiger partial charge is 0.396 e. The molecule has 0 radical (unpaired) electrons. The van der Waals surface area contributed by atoms with Crippen LogP contribution in [0.2, 0.25) is 0 Å². The van der Waals surface area contributed by atoms with Gasteiger partial charge in [0.15, 0.2) is 0 Å². The van der Waals surface area contributed by atoms with Crippen LogP contribution < -0.4 is 11.1 Å². The van der Waals surface area contributed by atoms with Crippen molar-refractivity contribution in [3.05, 3.63) is 34.1 Å². The van der Waals surface area contributed by atoms with Crippen LogP contribution >= 0.6 is 15.9 Å². The second kappa shape index (κ2) is 7.50. The normalized spacial score (nSPS) is 24.6. The van der Waals surface area contributed by atoms with Crippen molar-refractivity contribution in [2.24, 2.45) is 11.7 Å². The van der Waals surface area contributed by atoms with E-state index in [0.717, 1.165) is 18.4 Å². The zero-order valence-electron chi connectivity index (χ0n) is 11.5. The lowest BCUT2D eigenvalue weighted by molar-refractivity contribution is 0.146. The summed E-state index contributed by atoms with van der Waals surface area (Å²) in [6, 6.07) is 5.29. The molecule has 0 aliphatic heterocycles. The van der Waals surface area contributed by atoms with Gasteiger partial charge in [0, 0.05) is 25.2 Å². The first-order chi connectivity index (χ1) is 9.65. The van der Waals surface area contributed by atoms with Gasteiger partial charge in [-0.2, -0.15) is 0 Å². The lowest BCUT2D eigenvalue weighted by Gasteiger charge is -2.34. The molecule has 3 unspecified atom stereocenters. The molecule has 0 heterocycles. The summed E-state index contributed by atoms with van der Waals surface area (Å²) in [6.45, 7) is 0.610. The Balaban J connectivity index is 2.09. The van der Waals surface area contributed by atoms with Crippen molar-refractivity contribution in [1.82, 2.24) is 5.32 Å². The minimum Gasteiger partial charge on any atom is -0.396 e. The van der Waals surface area contributed by atoms with E-state index < -0.39 is 0 Å². The van der Waals surface area contributed by atoms with Crippen LogP contribution in [0.5, 0.6) is 0 Å². The van der Waals surface area contributed by atoms with Crippen LogP contribution in [-0.4, -0.2) is 24.3 Å². The molecule has 4 N–H and O–H groups in total. The molecule has 3 atom stereocenters. The molecule has 0 saturated heterocycles. The van der Waals surface area contributed by atoms with Gasteiger partial charge in [0.1, 0.15) is 5.82 Å². The number of benzene rings is 1. The standard InChI is InChI=1S/C15H22BrFN2O/c16-12-6-5-10(7-13(12)17)15(8-18)19-14-4-2-1-3-11(14)9-20/h5-7,11,14-15,19-20H,1-4,8-9,18H2. The van der Waals surface area contributed by atoms with E-state index in [9.17, 15) is 9.50 Å². The molecule has 1 aromatic carbocycles. The first kappa shape index (κ1) is 15.9. The van der Waals surface area contributed by atoms with Gasteiger partial charge in [-0.1, -0.05) is 18.9 Å². The Bertz CT molecular complexity index is 444. The van der Waals surface area contributed by atoms with Crippen molar-refractivity contribution in [1.29, 1.82) is 0 Å². The smallest absolute Gasteiger partial charge is 0.137 e. The number of rotatable bonds is 5. The summed E-state index contributed by atoms with van der Waals surface area (Å²) < 4.78 is 14.1. The Labute approximate surface area is 127 Å². The molecular weight excluding hydrogens is 323 g/mol. The van der Waals surface area contributed by atoms with Crippen LogP contribution in [-0.2, 0) is 0 Å². The molecule has 2 rings (SSSR count). The maximum absolute atomic E-state index is 13.6. The van der Waals surface area contributed by atoms with Crippen molar-refractivity contribution in [2.75, 3.05) is 13.2 Å². The van der Waals surface area contributed by atoms with E-state index in [1.165, 1.54) is 18.9 Å². The Morgan fingerprint density at radius 2 is 2.15 bits per heavy atom. The lowest BCUT2D eigenvalue weighted by atomic mass is 9.84. The SMILES string of the molecule is NCC(NC1CCCCC1CO)c1ccc(Br)c(F)c1. The maximum atomic E-state index is 13.6. The molecule has 3 nitrogen and oxygen atoms in total. The summed E-state index contributed by atoms with van der Waals surface area (Å²) in [6.07, 6.45) is 4.42. The molecule has 0 amide bonds. The summed E-state index contributed by atoms with van der Waals surface area (Å²) in [5, 5.41) is 13.0. The van der Waals surface area contributed by atoms with E-state index in [4.69, 9.17) is 5.73 Å². The molecule has 0 spiro atoms. The number of nitrogens with one attached hydrogen (secondary N) is 1. The second-order valence-corrected chi connectivity index (χ2v) is 6.32. The topological polar surface area (TPSA) is 58.3 Å². The van der Waals surface area contributed by atoms with Gasteiger partial charge < -0.3 is 16.2 Å². The summed E-state index contributed by atoms with van der Waals surface area (Å²) in [4.78, 5) is 0. The molecule has 0 aromatic heterocycles. The fourth-order valence-electron chi connectivity index (χ4n) is 2.93. The quantitative estimate of drug-likeness (QED) is 0.769. The highest BCUT2D eigenvalue weighted by Crippen LogP contribution is 2.27. The molecule has 0 bridgehead atoms. The molecule has 1 aromatic rings. The second-order valence-electron chi connectivity index (χ2n) is 5.46. The summed E-state index contributed by atoms with van der Waals surface area (Å²) in [5.41, 5.74) is 6.69. The van der Waals surface area contributed by atoms with Gasteiger partial charge in [0.25, 0.3) is 0 Å². The first-order valence-corrected chi connectivity index (χ1v) is 7.97. The number of aliphatic hydroxyl groups is 1. The van der Waals surface area contributed by atoms with E-state index >= 15 is 0 Å². The van der Waals surface area contributed by atoms with E-state index in [1.807, 2.05) is 6.07 Å². The maximum Gasteiger partial charge on any atom is 0.137 e. The molecule has 1 aliphatic carbocycles. The van der Waals surface area contributed by atoms with Gasteiger partial charge in [-0.3, -0.25) is 0 Å². The van der Waals surface area contributed by atoms with Gasteiger partial charge in [-0.25, -0.2) is 4.39 Å². The molecule has 5 heteroatoms. The molecular formula is C15H22BrFN2O. The third kappa shape index (κ3) is 3.79. The van der Waals surface area contributed by atoms with Crippen LogP contribution in [0.1, 0.15) is 37.3 Å². The zero-order chi connectivity index (χ0) is 14.5. The number of halogens is 2. The van der Waals surface area contributed by atoms with Crippen molar-refractivity contribution in [3.8, 4) is 0 Å². The van der Waals surface area contributed by atoms with Gasteiger partial charge in [-0.15, -0.1) is 0 Å². The molecule has 20 heavy (non-hydrogen) atoms. The highest BCUT2D eigenvalue weighted by Gasteiger charge is 2.26. The Hall–Kier alpha value is -0.490.